The second kappa shape index (κ2) is 9.99. The smallest absolute Gasteiger partial charge is 0.256 e. The molecule has 3 N–H and O–H groups in total. The number of piperazine rings is 1. The number of ether oxygens (including phenoxy) is 1. The molecule has 0 spiro atoms. The van der Waals surface area contributed by atoms with Crippen molar-refractivity contribution in [2.45, 2.75) is 0 Å². The summed E-state index contributed by atoms with van der Waals surface area (Å²) in [4.78, 5) is 27.3. The van der Waals surface area contributed by atoms with Gasteiger partial charge in [-0.3, -0.25) is 14.5 Å². The van der Waals surface area contributed by atoms with Crippen molar-refractivity contribution in [2.24, 2.45) is 0 Å². The van der Waals surface area contributed by atoms with E-state index in [-0.39, 0.29) is 11.3 Å². The number of anilines is 1. The SMILES string of the molecule is COc1ccc(C(=O)Nc2cccc(F)c2C(=O)NCCN2CCNCC2)cc1. The van der Waals surface area contributed by atoms with Crippen LogP contribution in [0.4, 0.5) is 10.1 Å². The number of rotatable bonds is 7. The summed E-state index contributed by atoms with van der Waals surface area (Å²) in [5.41, 5.74) is 0.334. The van der Waals surface area contributed by atoms with Gasteiger partial charge in [-0.05, 0) is 36.4 Å². The van der Waals surface area contributed by atoms with Crippen molar-refractivity contribution in [2.75, 3.05) is 51.7 Å². The lowest BCUT2D eigenvalue weighted by atomic mass is 10.1. The minimum absolute atomic E-state index is 0.130. The van der Waals surface area contributed by atoms with Crippen molar-refractivity contribution >= 4 is 17.5 Å². The van der Waals surface area contributed by atoms with Gasteiger partial charge in [0.1, 0.15) is 11.6 Å². The molecule has 8 heteroatoms. The molecule has 0 saturated carbocycles. The lowest BCUT2D eigenvalue weighted by Gasteiger charge is -2.27. The lowest BCUT2D eigenvalue weighted by molar-refractivity contribution is 0.0944. The van der Waals surface area contributed by atoms with Crippen LogP contribution in [-0.4, -0.2) is 63.1 Å². The maximum atomic E-state index is 14.4. The molecular formula is C21H25FN4O3. The van der Waals surface area contributed by atoms with Crippen molar-refractivity contribution in [3.05, 3.63) is 59.4 Å². The monoisotopic (exact) mass is 400 g/mol. The Hall–Kier alpha value is -2.97. The van der Waals surface area contributed by atoms with E-state index in [1.54, 1.807) is 24.3 Å². The maximum Gasteiger partial charge on any atom is 0.256 e. The van der Waals surface area contributed by atoms with Gasteiger partial charge in [-0.15, -0.1) is 0 Å². The molecule has 2 amide bonds. The molecule has 1 heterocycles. The van der Waals surface area contributed by atoms with Gasteiger partial charge in [0, 0.05) is 44.8 Å². The molecule has 0 aliphatic carbocycles. The first-order valence-electron chi connectivity index (χ1n) is 9.53. The number of carbonyl (C=O) groups excluding carboxylic acids is 2. The summed E-state index contributed by atoms with van der Waals surface area (Å²) < 4.78 is 19.5. The average Bonchev–Trinajstić information content (AvgIpc) is 2.74. The summed E-state index contributed by atoms with van der Waals surface area (Å²) in [7, 11) is 1.54. The first-order valence-corrected chi connectivity index (χ1v) is 9.53. The fraction of sp³-hybridized carbons (Fsp3) is 0.333. The Labute approximate surface area is 169 Å². The quantitative estimate of drug-likeness (QED) is 0.659. The number of nitrogens with one attached hydrogen (secondary N) is 3. The van der Waals surface area contributed by atoms with Gasteiger partial charge in [0.15, 0.2) is 0 Å². The second-order valence-electron chi connectivity index (χ2n) is 6.69. The van der Waals surface area contributed by atoms with Gasteiger partial charge in [-0.25, -0.2) is 4.39 Å². The molecule has 29 heavy (non-hydrogen) atoms. The number of hydrogen-bond donors (Lipinski definition) is 3. The van der Waals surface area contributed by atoms with Crippen LogP contribution in [-0.2, 0) is 0 Å². The number of methoxy groups -OCH3 is 1. The molecule has 154 valence electrons. The molecule has 2 aromatic rings. The number of nitrogens with zero attached hydrogens (tertiary/aromatic N) is 1. The van der Waals surface area contributed by atoms with E-state index >= 15 is 0 Å². The first kappa shape index (κ1) is 20.8. The largest absolute Gasteiger partial charge is 0.497 e. The van der Waals surface area contributed by atoms with Gasteiger partial charge in [0.05, 0.1) is 18.4 Å². The van der Waals surface area contributed by atoms with Gasteiger partial charge in [0.2, 0.25) is 0 Å². The molecule has 0 radical (unpaired) electrons. The van der Waals surface area contributed by atoms with Crippen molar-refractivity contribution < 1.29 is 18.7 Å². The molecular weight excluding hydrogens is 375 g/mol. The highest BCUT2D eigenvalue weighted by atomic mass is 19.1. The zero-order chi connectivity index (χ0) is 20.6. The summed E-state index contributed by atoms with van der Waals surface area (Å²) in [6, 6.07) is 10.7. The third-order valence-corrected chi connectivity index (χ3v) is 4.76. The predicted octanol–water partition coefficient (Wildman–Crippen LogP) is 1.72. The third kappa shape index (κ3) is 5.52. The van der Waals surface area contributed by atoms with E-state index in [0.29, 0.717) is 24.4 Å². The molecule has 2 aromatic carbocycles. The van der Waals surface area contributed by atoms with Crippen LogP contribution in [0.3, 0.4) is 0 Å². The molecule has 1 saturated heterocycles. The molecule has 3 rings (SSSR count). The van der Waals surface area contributed by atoms with Gasteiger partial charge < -0.3 is 20.7 Å². The lowest BCUT2D eigenvalue weighted by Crippen LogP contribution is -2.46. The van der Waals surface area contributed by atoms with E-state index in [2.05, 4.69) is 20.9 Å². The minimum Gasteiger partial charge on any atom is -0.497 e. The van der Waals surface area contributed by atoms with Gasteiger partial charge >= 0.3 is 0 Å². The zero-order valence-electron chi connectivity index (χ0n) is 16.3. The van der Waals surface area contributed by atoms with E-state index in [9.17, 15) is 14.0 Å². The van der Waals surface area contributed by atoms with Crippen LogP contribution in [0.5, 0.6) is 5.75 Å². The number of benzene rings is 2. The molecule has 0 unspecified atom stereocenters. The van der Waals surface area contributed by atoms with E-state index in [1.807, 2.05) is 0 Å². The van der Waals surface area contributed by atoms with E-state index in [1.165, 1.54) is 25.3 Å². The maximum absolute atomic E-state index is 14.4. The van der Waals surface area contributed by atoms with Crippen molar-refractivity contribution in [1.82, 2.24) is 15.5 Å². The van der Waals surface area contributed by atoms with E-state index < -0.39 is 17.6 Å². The summed E-state index contributed by atoms with van der Waals surface area (Å²) >= 11 is 0. The molecule has 0 aromatic heterocycles. The van der Waals surface area contributed by atoms with Crippen molar-refractivity contribution in [3.63, 3.8) is 0 Å². The molecule has 1 aliphatic heterocycles. The van der Waals surface area contributed by atoms with E-state index in [4.69, 9.17) is 4.74 Å². The Morgan fingerprint density at radius 2 is 1.83 bits per heavy atom. The van der Waals surface area contributed by atoms with Crippen LogP contribution >= 0.6 is 0 Å². The fourth-order valence-corrected chi connectivity index (χ4v) is 3.15. The highest BCUT2D eigenvalue weighted by Crippen LogP contribution is 2.20. The molecule has 1 aliphatic rings. The molecule has 0 atom stereocenters. The fourth-order valence-electron chi connectivity index (χ4n) is 3.15. The third-order valence-electron chi connectivity index (χ3n) is 4.76. The topological polar surface area (TPSA) is 82.7 Å². The Morgan fingerprint density at radius 3 is 2.52 bits per heavy atom. The average molecular weight is 400 g/mol. The van der Waals surface area contributed by atoms with Crippen LogP contribution in [0.15, 0.2) is 42.5 Å². The summed E-state index contributed by atoms with van der Waals surface area (Å²) in [5.74, 6) is -1.05. The second-order valence-corrected chi connectivity index (χ2v) is 6.69. The van der Waals surface area contributed by atoms with Crippen LogP contribution in [0.1, 0.15) is 20.7 Å². The van der Waals surface area contributed by atoms with Crippen molar-refractivity contribution in [3.8, 4) is 5.75 Å². The Kier molecular flexibility index (Phi) is 7.15. The highest BCUT2D eigenvalue weighted by Gasteiger charge is 2.19. The van der Waals surface area contributed by atoms with Gasteiger partial charge in [-0.2, -0.15) is 0 Å². The number of amides is 2. The normalized spacial score (nSPS) is 14.3. The zero-order valence-corrected chi connectivity index (χ0v) is 16.3. The van der Waals surface area contributed by atoms with Crippen LogP contribution < -0.4 is 20.7 Å². The van der Waals surface area contributed by atoms with Gasteiger partial charge in [-0.1, -0.05) is 6.07 Å². The molecule has 0 bridgehead atoms. The number of halogens is 1. The Morgan fingerprint density at radius 1 is 1.10 bits per heavy atom. The number of carbonyl (C=O) groups is 2. The summed E-state index contributed by atoms with van der Waals surface area (Å²) in [6.45, 7) is 4.76. The molecule has 7 nitrogen and oxygen atoms in total. The van der Waals surface area contributed by atoms with Crippen LogP contribution in [0.2, 0.25) is 0 Å². The van der Waals surface area contributed by atoms with Crippen LogP contribution in [0.25, 0.3) is 0 Å². The summed E-state index contributed by atoms with van der Waals surface area (Å²) in [5, 5.41) is 8.64. The standard InChI is InChI=1S/C21H25FN4O3/c1-29-16-7-5-15(6-8-16)20(27)25-18-4-2-3-17(22)19(18)21(28)24-11-14-26-12-9-23-10-13-26/h2-8,23H,9-14H2,1H3,(H,24,28)(H,25,27). The predicted molar refractivity (Wildman–Crippen MR) is 109 cm³/mol. The van der Waals surface area contributed by atoms with Gasteiger partial charge in [0.25, 0.3) is 11.8 Å². The number of hydrogen-bond acceptors (Lipinski definition) is 5. The minimum atomic E-state index is -0.683. The first-order chi connectivity index (χ1) is 14.1. The van der Waals surface area contributed by atoms with E-state index in [0.717, 1.165) is 26.2 Å². The Balaban J connectivity index is 1.65. The Bertz CT molecular complexity index is 852. The summed E-state index contributed by atoms with van der Waals surface area (Å²) in [6.07, 6.45) is 0. The van der Waals surface area contributed by atoms with Crippen molar-refractivity contribution in [1.29, 1.82) is 0 Å². The highest BCUT2D eigenvalue weighted by molar-refractivity contribution is 6.09. The van der Waals surface area contributed by atoms with Crippen LogP contribution in [0, 0.1) is 5.82 Å². The molecule has 1 fully saturated rings.